The van der Waals surface area contributed by atoms with Gasteiger partial charge in [0.05, 0.1) is 22.9 Å². The van der Waals surface area contributed by atoms with Gasteiger partial charge in [-0.3, -0.25) is 4.79 Å². The number of hydrogen-bond acceptors (Lipinski definition) is 2. The maximum atomic E-state index is 12.8. The predicted octanol–water partition coefficient (Wildman–Crippen LogP) is 1.85. The van der Waals surface area contributed by atoms with Gasteiger partial charge in [-0.1, -0.05) is 0 Å². The molecule has 1 aromatic carbocycles. The summed E-state index contributed by atoms with van der Waals surface area (Å²) in [6, 6.07) is 9.12. The molecule has 1 N–H and O–H groups in total. The molecule has 2 heterocycles. The summed E-state index contributed by atoms with van der Waals surface area (Å²) < 4.78 is 14.5. The maximum Gasteiger partial charge on any atom is 0.248 e. The molecule has 0 amide bonds. The van der Waals surface area contributed by atoms with Gasteiger partial charge in [0.25, 0.3) is 0 Å². The Hall–Kier alpha value is -2.43. The van der Waals surface area contributed by atoms with Gasteiger partial charge in [-0.2, -0.15) is 5.10 Å². The van der Waals surface area contributed by atoms with E-state index in [0.717, 1.165) is 11.2 Å². The number of rotatable bonds is 1. The van der Waals surface area contributed by atoms with Crippen LogP contribution in [-0.2, 0) is 0 Å². The number of nitrogens with zero attached hydrogens (tertiary/aromatic N) is 2. The number of aromatic amines is 1. The Kier molecular flexibility index (Phi) is 2.04. The molecule has 5 heteroatoms. The summed E-state index contributed by atoms with van der Waals surface area (Å²) in [6.45, 7) is 0. The number of halogens is 1. The van der Waals surface area contributed by atoms with Gasteiger partial charge in [0.2, 0.25) is 5.56 Å². The van der Waals surface area contributed by atoms with Crippen molar-refractivity contribution in [2.45, 2.75) is 0 Å². The second-order valence-corrected chi connectivity index (χ2v) is 3.65. The number of fused-ring (bicyclic) bond motifs is 1. The van der Waals surface area contributed by atoms with Crippen molar-refractivity contribution < 1.29 is 4.39 Å². The fraction of sp³-hybridized carbons (Fsp3) is 0. The topological polar surface area (TPSA) is 50.7 Å². The van der Waals surface area contributed by atoms with Gasteiger partial charge in [-0.05, 0) is 30.3 Å². The summed E-state index contributed by atoms with van der Waals surface area (Å²) in [5.74, 6) is -0.293. The lowest BCUT2D eigenvalue weighted by atomic mass is 10.3. The Morgan fingerprint density at radius 3 is 2.65 bits per heavy atom. The third kappa shape index (κ3) is 1.61. The van der Waals surface area contributed by atoms with Gasteiger partial charge >= 0.3 is 0 Å². The molecule has 0 aliphatic heterocycles. The number of hydrogen-bond donors (Lipinski definition) is 1. The molecule has 2 aromatic heterocycles. The molecule has 0 unspecified atom stereocenters. The van der Waals surface area contributed by atoms with E-state index in [1.165, 1.54) is 18.2 Å². The normalized spacial score (nSPS) is 10.9. The van der Waals surface area contributed by atoms with Crippen LogP contribution in [0.25, 0.3) is 16.7 Å². The smallest absolute Gasteiger partial charge is 0.248 e. The third-order valence-electron chi connectivity index (χ3n) is 2.53. The molecule has 84 valence electrons. The van der Waals surface area contributed by atoms with Crippen LogP contribution in [0.5, 0.6) is 0 Å². The van der Waals surface area contributed by atoms with Crippen molar-refractivity contribution in [2.75, 3.05) is 0 Å². The Balaban J connectivity index is 2.24. The Bertz CT molecular complexity index is 727. The van der Waals surface area contributed by atoms with Crippen LogP contribution in [0.15, 0.2) is 47.4 Å². The van der Waals surface area contributed by atoms with Crippen LogP contribution in [0.1, 0.15) is 0 Å². The number of benzene rings is 1. The lowest BCUT2D eigenvalue weighted by Gasteiger charge is -2.02. The average molecular weight is 229 g/mol. The summed E-state index contributed by atoms with van der Waals surface area (Å²) in [7, 11) is 0. The van der Waals surface area contributed by atoms with Crippen LogP contribution in [0.3, 0.4) is 0 Å². The first-order chi connectivity index (χ1) is 8.24. The minimum absolute atomic E-state index is 0.170. The van der Waals surface area contributed by atoms with Crippen LogP contribution in [0.2, 0.25) is 0 Å². The Labute approximate surface area is 95.3 Å². The average Bonchev–Trinajstić information content (AvgIpc) is 2.73. The molecule has 0 aliphatic rings. The van der Waals surface area contributed by atoms with Crippen LogP contribution >= 0.6 is 0 Å². The van der Waals surface area contributed by atoms with Gasteiger partial charge in [0, 0.05) is 6.07 Å². The molecule has 4 nitrogen and oxygen atoms in total. The van der Waals surface area contributed by atoms with E-state index < -0.39 is 0 Å². The van der Waals surface area contributed by atoms with Gasteiger partial charge in [0.1, 0.15) is 5.82 Å². The monoisotopic (exact) mass is 229 g/mol. The highest BCUT2D eigenvalue weighted by atomic mass is 19.1. The van der Waals surface area contributed by atoms with Crippen molar-refractivity contribution in [1.82, 2.24) is 14.8 Å². The van der Waals surface area contributed by atoms with E-state index in [-0.39, 0.29) is 11.4 Å². The van der Waals surface area contributed by atoms with E-state index in [0.29, 0.717) is 5.52 Å². The SMILES string of the molecule is O=c1ccc2c(cnn2-c2ccc(F)cc2)[nH]1. The van der Waals surface area contributed by atoms with Gasteiger partial charge < -0.3 is 4.98 Å². The predicted molar refractivity (Wildman–Crippen MR) is 61.6 cm³/mol. The number of nitrogens with one attached hydrogen (secondary N) is 1. The van der Waals surface area contributed by atoms with Crippen LogP contribution < -0.4 is 5.56 Å². The fourth-order valence-electron chi connectivity index (χ4n) is 1.73. The lowest BCUT2D eigenvalue weighted by molar-refractivity contribution is 0.627. The summed E-state index contributed by atoms with van der Waals surface area (Å²) in [5, 5.41) is 4.16. The van der Waals surface area contributed by atoms with Crippen molar-refractivity contribution in [3.8, 4) is 5.69 Å². The van der Waals surface area contributed by atoms with Crippen molar-refractivity contribution in [2.24, 2.45) is 0 Å². The highest BCUT2D eigenvalue weighted by Gasteiger charge is 2.05. The molecule has 0 atom stereocenters. The molecule has 0 spiro atoms. The van der Waals surface area contributed by atoms with E-state index in [4.69, 9.17) is 0 Å². The van der Waals surface area contributed by atoms with Gasteiger partial charge in [0.15, 0.2) is 0 Å². The maximum absolute atomic E-state index is 12.8. The minimum atomic E-state index is -0.293. The summed E-state index contributed by atoms with van der Waals surface area (Å²) in [4.78, 5) is 13.8. The zero-order chi connectivity index (χ0) is 11.8. The van der Waals surface area contributed by atoms with Crippen molar-refractivity contribution in [3.05, 3.63) is 58.8 Å². The van der Waals surface area contributed by atoms with E-state index in [2.05, 4.69) is 10.1 Å². The molecule has 3 rings (SSSR count). The first kappa shape index (κ1) is 9.77. The van der Waals surface area contributed by atoms with Crippen LogP contribution in [0.4, 0.5) is 4.39 Å². The molecule has 17 heavy (non-hydrogen) atoms. The fourth-order valence-corrected chi connectivity index (χ4v) is 1.73. The second kappa shape index (κ2) is 3.55. The zero-order valence-electron chi connectivity index (χ0n) is 8.72. The summed E-state index contributed by atoms with van der Waals surface area (Å²) in [5.41, 5.74) is 2.00. The third-order valence-corrected chi connectivity index (χ3v) is 2.53. The lowest BCUT2D eigenvalue weighted by Crippen LogP contribution is -2.03. The van der Waals surface area contributed by atoms with E-state index in [1.54, 1.807) is 29.1 Å². The van der Waals surface area contributed by atoms with Crippen molar-refractivity contribution >= 4 is 11.0 Å². The van der Waals surface area contributed by atoms with Gasteiger partial charge in [-0.15, -0.1) is 0 Å². The molecule has 0 saturated heterocycles. The number of H-pyrrole nitrogens is 1. The summed E-state index contributed by atoms with van der Waals surface area (Å²) >= 11 is 0. The summed E-state index contributed by atoms with van der Waals surface area (Å²) in [6.07, 6.45) is 1.57. The molecular formula is C12H8FN3O. The first-order valence-corrected chi connectivity index (χ1v) is 5.07. The Morgan fingerprint density at radius 1 is 1.12 bits per heavy atom. The van der Waals surface area contributed by atoms with Gasteiger partial charge in [-0.25, -0.2) is 9.07 Å². The standard InChI is InChI=1S/C12H8FN3O/c13-8-1-3-9(4-2-8)16-11-5-6-12(17)15-10(11)7-14-16/h1-7H,(H,15,17). The van der Waals surface area contributed by atoms with Crippen molar-refractivity contribution in [3.63, 3.8) is 0 Å². The van der Waals surface area contributed by atoms with Crippen molar-refractivity contribution in [1.29, 1.82) is 0 Å². The highest BCUT2D eigenvalue weighted by Crippen LogP contribution is 2.15. The molecule has 0 fully saturated rings. The first-order valence-electron chi connectivity index (χ1n) is 5.07. The molecule has 0 aliphatic carbocycles. The van der Waals surface area contributed by atoms with Crippen LogP contribution in [-0.4, -0.2) is 14.8 Å². The molecule has 0 radical (unpaired) electrons. The zero-order valence-corrected chi connectivity index (χ0v) is 8.72. The van der Waals surface area contributed by atoms with E-state index in [1.807, 2.05) is 0 Å². The minimum Gasteiger partial charge on any atom is -0.319 e. The highest BCUT2D eigenvalue weighted by molar-refractivity contribution is 5.75. The molecule has 0 bridgehead atoms. The molecule has 3 aromatic rings. The quantitative estimate of drug-likeness (QED) is 0.692. The number of aromatic nitrogens is 3. The second-order valence-electron chi connectivity index (χ2n) is 3.65. The largest absolute Gasteiger partial charge is 0.319 e. The van der Waals surface area contributed by atoms with Crippen LogP contribution in [0, 0.1) is 5.82 Å². The molecule has 0 saturated carbocycles. The van der Waals surface area contributed by atoms with E-state index >= 15 is 0 Å². The number of pyridine rings is 1. The Morgan fingerprint density at radius 2 is 1.88 bits per heavy atom. The molecular weight excluding hydrogens is 221 g/mol. The van der Waals surface area contributed by atoms with E-state index in [9.17, 15) is 9.18 Å².